The molecule has 0 amide bonds. The maximum absolute atomic E-state index is 13.3. The van der Waals surface area contributed by atoms with Crippen molar-refractivity contribution >= 4 is 32.1 Å². The summed E-state index contributed by atoms with van der Waals surface area (Å²) in [5.41, 5.74) is -0.202. The molecule has 114 valence electrons. The number of aromatic nitrogens is 2. The number of nitrogens with zero attached hydrogens (tertiary/aromatic N) is 2. The van der Waals surface area contributed by atoms with Crippen LogP contribution < -0.4 is 5.43 Å². The topological polar surface area (TPSA) is 90.1 Å². The van der Waals surface area contributed by atoms with Crippen LogP contribution >= 0.6 is 11.3 Å². The van der Waals surface area contributed by atoms with Crippen LogP contribution in [0.15, 0.2) is 38.0 Å². The summed E-state index contributed by atoms with van der Waals surface area (Å²) in [5.74, 6) is -0.678. The largest absolute Gasteiger partial charge is 0.463 e. The van der Waals surface area contributed by atoms with E-state index in [-0.39, 0.29) is 31.6 Å². The Kier molecular flexibility index (Phi) is 3.53. The van der Waals surface area contributed by atoms with Crippen LogP contribution in [0, 0.1) is 5.82 Å². The minimum Gasteiger partial charge on any atom is -0.463 e. The summed E-state index contributed by atoms with van der Waals surface area (Å²) in [4.78, 5) is 12.4. The summed E-state index contributed by atoms with van der Waals surface area (Å²) in [7, 11) is -3.50. The van der Waals surface area contributed by atoms with Crippen molar-refractivity contribution < 1.29 is 17.2 Å². The Morgan fingerprint density at radius 1 is 1.32 bits per heavy atom. The van der Waals surface area contributed by atoms with Gasteiger partial charge in [0.1, 0.15) is 17.7 Å². The van der Waals surface area contributed by atoms with Gasteiger partial charge in [-0.05, 0) is 18.2 Å². The molecule has 0 saturated carbocycles. The van der Waals surface area contributed by atoms with Crippen LogP contribution in [0.5, 0.6) is 0 Å². The van der Waals surface area contributed by atoms with E-state index in [0.717, 1.165) is 17.4 Å². The molecular formula is C13H9FN2O4S2. The summed E-state index contributed by atoms with van der Waals surface area (Å²) in [6.07, 6.45) is 1.17. The van der Waals surface area contributed by atoms with E-state index in [1.54, 1.807) is 0 Å². The van der Waals surface area contributed by atoms with E-state index in [4.69, 9.17) is 4.42 Å². The average Bonchev–Trinajstić information content (AvgIpc) is 2.99. The standard InChI is InChI=1S/C13H9FN2O4S2/c1-2-22(18,19)13-16-15-12(21-13)9-6-20-10-4-3-7(14)5-8(10)11(9)17/h3-6H,2H2,1H3. The Labute approximate surface area is 128 Å². The van der Waals surface area contributed by atoms with Gasteiger partial charge in [-0.1, -0.05) is 18.3 Å². The summed E-state index contributed by atoms with van der Waals surface area (Å²) in [6.45, 7) is 1.49. The molecule has 0 fully saturated rings. The zero-order valence-electron chi connectivity index (χ0n) is 11.2. The smallest absolute Gasteiger partial charge is 0.232 e. The van der Waals surface area contributed by atoms with E-state index in [1.807, 2.05) is 0 Å². The molecule has 3 aromatic rings. The molecule has 9 heteroatoms. The molecule has 0 unspecified atom stereocenters. The SMILES string of the molecule is CCS(=O)(=O)c1nnc(-c2coc3ccc(F)cc3c2=O)s1. The third-order valence-corrected chi connectivity index (χ3v) is 6.15. The molecule has 1 aromatic carbocycles. The van der Waals surface area contributed by atoms with Crippen LogP contribution in [-0.2, 0) is 9.84 Å². The molecule has 22 heavy (non-hydrogen) atoms. The van der Waals surface area contributed by atoms with E-state index in [2.05, 4.69) is 10.2 Å². The van der Waals surface area contributed by atoms with Crippen molar-refractivity contribution in [2.75, 3.05) is 5.75 Å². The molecule has 0 radical (unpaired) electrons. The molecule has 0 spiro atoms. The van der Waals surface area contributed by atoms with Gasteiger partial charge in [-0.3, -0.25) is 4.79 Å². The molecule has 0 saturated heterocycles. The summed E-state index contributed by atoms with van der Waals surface area (Å²) in [6, 6.07) is 3.60. The molecule has 2 heterocycles. The average molecular weight is 340 g/mol. The maximum atomic E-state index is 13.3. The van der Waals surface area contributed by atoms with Crippen molar-refractivity contribution in [3.63, 3.8) is 0 Å². The van der Waals surface area contributed by atoms with Gasteiger partial charge in [0.15, 0.2) is 5.01 Å². The number of benzene rings is 1. The minimum atomic E-state index is -3.50. The number of rotatable bonds is 3. The Morgan fingerprint density at radius 3 is 2.82 bits per heavy atom. The first kappa shape index (κ1) is 14.8. The van der Waals surface area contributed by atoms with Crippen molar-refractivity contribution in [2.45, 2.75) is 11.3 Å². The van der Waals surface area contributed by atoms with Gasteiger partial charge in [0.05, 0.1) is 16.7 Å². The van der Waals surface area contributed by atoms with Crippen LogP contribution in [0.4, 0.5) is 4.39 Å². The van der Waals surface area contributed by atoms with Crippen molar-refractivity contribution in [2.24, 2.45) is 0 Å². The molecule has 0 N–H and O–H groups in total. The molecule has 0 atom stereocenters. The van der Waals surface area contributed by atoms with E-state index in [1.165, 1.54) is 25.3 Å². The van der Waals surface area contributed by atoms with Crippen LogP contribution in [0.25, 0.3) is 21.5 Å². The molecule has 6 nitrogen and oxygen atoms in total. The highest BCUT2D eigenvalue weighted by Gasteiger charge is 2.20. The lowest BCUT2D eigenvalue weighted by molar-refractivity contribution is 0.595. The van der Waals surface area contributed by atoms with Crippen LogP contribution in [0.2, 0.25) is 0 Å². The van der Waals surface area contributed by atoms with Gasteiger partial charge in [-0.2, -0.15) is 0 Å². The summed E-state index contributed by atoms with van der Waals surface area (Å²) < 4.78 is 41.9. The highest BCUT2D eigenvalue weighted by Crippen LogP contribution is 2.26. The first-order valence-corrected chi connectivity index (χ1v) is 8.67. The Morgan fingerprint density at radius 2 is 2.09 bits per heavy atom. The van der Waals surface area contributed by atoms with Crippen molar-refractivity contribution in [3.05, 3.63) is 40.5 Å². The van der Waals surface area contributed by atoms with Gasteiger partial charge < -0.3 is 4.42 Å². The maximum Gasteiger partial charge on any atom is 0.232 e. The zero-order chi connectivity index (χ0) is 15.9. The third-order valence-electron chi connectivity index (χ3n) is 3.02. The van der Waals surface area contributed by atoms with E-state index in [9.17, 15) is 17.6 Å². The fourth-order valence-electron chi connectivity index (χ4n) is 1.82. The summed E-state index contributed by atoms with van der Waals surface area (Å²) >= 11 is 0.780. The van der Waals surface area contributed by atoms with Crippen LogP contribution in [0.3, 0.4) is 0 Å². The van der Waals surface area contributed by atoms with E-state index >= 15 is 0 Å². The highest BCUT2D eigenvalue weighted by atomic mass is 32.2. The quantitative estimate of drug-likeness (QED) is 0.726. The third kappa shape index (κ3) is 2.42. The lowest BCUT2D eigenvalue weighted by atomic mass is 10.2. The van der Waals surface area contributed by atoms with Crippen LogP contribution in [0.1, 0.15) is 6.92 Å². The molecule has 2 aromatic heterocycles. The second-order valence-electron chi connectivity index (χ2n) is 4.40. The predicted molar refractivity (Wildman–Crippen MR) is 79.1 cm³/mol. The predicted octanol–water partition coefficient (Wildman–Crippen LogP) is 2.24. The zero-order valence-corrected chi connectivity index (χ0v) is 12.9. The normalized spacial score (nSPS) is 11.9. The Balaban J connectivity index is 2.19. The first-order valence-electron chi connectivity index (χ1n) is 6.20. The van der Waals surface area contributed by atoms with Crippen molar-refractivity contribution in [1.82, 2.24) is 10.2 Å². The van der Waals surface area contributed by atoms with Gasteiger partial charge in [0.25, 0.3) is 0 Å². The molecule has 3 rings (SSSR count). The summed E-state index contributed by atoms with van der Waals surface area (Å²) in [5, 5.41) is 7.51. The monoisotopic (exact) mass is 340 g/mol. The van der Waals surface area contributed by atoms with Crippen molar-refractivity contribution in [3.8, 4) is 10.6 Å². The van der Waals surface area contributed by atoms with E-state index in [0.29, 0.717) is 0 Å². The molecule has 0 aliphatic heterocycles. The van der Waals surface area contributed by atoms with Gasteiger partial charge in [-0.15, -0.1) is 10.2 Å². The van der Waals surface area contributed by atoms with Gasteiger partial charge >= 0.3 is 0 Å². The van der Waals surface area contributed by atoms with Crippen molar-refractivity contribution in [1.29, 1.82) is 0 Å². The Hall–Kier alpha value is -2.13. The highest BCUT2D eigenvalue weighted by molar-refractivity contribution is 7.93. The molecular weight excluding hydrogens is 331 g/mol. The lowest BCUT2D eigenvalue weighted by Crippen LogP contribution is -2.04. The number of halogens is 1. The van der Waals surface area contributed by atoms with E-state index < -0.39 is 21.1 Å². The fourth-order valence-corrected chi connectivity index (χ4v) is 3.91. The van der Waals surface area contributed by atoms with Gasteiger partial charge in [0, 0.05) is 0 Å². The lowest BCUT2D eigenvalue weighted by Gasteiger charge is -1.99. The number of hydrogen-bond acceptors (Lipinski definition) is 7. The minimum absolute atomic E-state index is 0.0492. The first-order chi connectivity index (χ1) is 10.4. The van der Waals surface area contributed by atoms with Gasteiger partial charge in [-0.25, -0.2) is 12.8 Å². The molecule has 0 aliphatic rings. The molecule has 0 aliphatic carbocycles. The second kappa shape index (κ2) is 5.25. The number of hydrogen-bond donors (Lipinski definition) is 0. The Bertz CT molecular complexity index is 1020. The fraction of sp³-hybridized carbons (Fsp3) is 0.154. The number of fused-ring (bicyclic) bond motifs is 1. The van der Waals surface area contributed by atoms with Crippen LogP contribution in [-0.4, -0.2) is 24.4 Å². The number of sulfone groups is 1. The molecule has 0 bridgehead atoms. The second-order valence-corrected chi connectivity index (χ2v) is 7.83. The van der Waals surface area contributed by atoms with Gasteiger partial charge in [0.2, 0.25) is 19.6 Å².